The predicted molar refractivity (Wildman–Crippen MR) is 38.9 cm³/mol. The molecule has 0 radical (unpaired) electrons. The van der Waals surface area contributed by atoms with Gasteiger partial charge in [-0.05, 0) is 0 Å². The van der Waals surface area contributed by atoms with Crippen molar-refractivity contribution in [1.82, 2.24) is 0 Å². The number of carboxylic acid groups (broad SMARTS) is 1. The van der Waals surface area contributed by atoms with Crippen molar-refractivity contribution in [2.45, 2.75) is 4.43 Å². The summed E-state index contributed by atoms with van der Waals surface area (Å²) in [6.45, 7) is 0. The van der Waals surface area contributed by atoms with Crippen LogP contribution in [0.2, 0.25) is 4.43 Å². The summed E-state index contributed by atoms with van der Waals surface area (Å²) in [5, 5.41) is 8.57. The molecule has 0 aliphatic carbocycles. The van der Waals surface area contributed by atoms with Gasteiger partial charge in [-0.2, -0.15) is 0 Å². The van der Waals surface area contributed by atoms with Gasteiger partial charge in [0.25, 0.3) is 0 Å². The monoisotopic (exact) mass is 338 g/mol. The minimum absolute atomic E-state index is 0.385. The van der Waals surface area contributed by atoms with Gasteiger partial charge in [-0.25, -0.2) is 0 Å². The molecule has 3 heteroatoms. The first-order valence-corrected chi connectivity index (χ1v) is 11.8. The molecule has 0 saturated heterocycles. The first kappa shape index (κ1) is 8.72. The molecular formula is C8H8HgO2. The molecule has 1 aromatic carbocycles. The van der Waals surface area contributed by atoms with Crippen molar-refractivity contribution in [1.29, 1.82) is 0 Å². The summed E-state index contributed by atoms with van der Waals surface area (Å²) < 4.78 is 3.64. The van der Waals surface area contributed by atoms with Crippen molar-refractivity contribution in [3.05, 3.63) is 29.8 Å². The van der Waals surface area contributed by atoms with E-state index in [2.05, 4.69) is 4.43 Å². The third-order valence-electron chi connectivity index (χ3n) is 1.61. The first-order chi connectivity index (χ1) is 5.24. The molecule has 0 amide bonds. The second-order valence-corrected chi connectivity index (χ2v) is 8.28. The second-order valence-electron chi connectivity index (χ2n) is 2.36. The Morgan fingerprint density at radius 3 is 2.27 bits per heavy atom. The number of carbonyl (C=O) groups is 1. The number of hydrogen-bond acceptors (Lipinski definition) is 1. The van der Waals surface area contributed by atoms with E-state index < -0.39 is 30.5 Å². The molecular weight excluding hydrogens is 329 g/mol. The van der Waals surface area contributed by atoms with Crippen LogP contribution in [0.1, 0.15) is 10.4 Å². The van der Waals surface area contributed by atoms with Crippen LogP contribution in [-0.2, 0) is 24.6 Å². The van der Waals surface area contributed by atoms with Gasteiger partial charge in [-0.3, -0.25) is 0 Å². The Morgan fingerprint density at radius 2 is 1.91 bits per heavy atom. The number of aromatic carboxylic acids is 1. The number of carboxylic acids is 1. The molecule has 0 aliphatic rings. The van der Waals surface area contributed by atoms with Gasteiger partial charge in [0.2, 0.25) is 0 Å². The average molecular weight is 337 g/mol. The summed E-state index contributed by atoms with van der Waals surface area (Å²) in [5.41, 5.74) is 0.385. The zero-order chi connectivity index (χ0) is 8.27. The van der Waals surface area contributed by atoms with E-state index in [1.54, 1.807) is 12.1 Å². The van der Waals surface area contributed by atoms with Crippen LogP contribution in [0.5, 0.6) is 0 Å². The summed E-state index contributed by atoms with van der Waals surface area (Å²) in [6.07, 6.45) is 0. The fraction of sp³-hybridized carbons (Fsp3) is 0.125. The van der Waals surface area contributed by atoms with Gasteiger partial charge < -0.3 is 0 Å². The van der Waals surface area contributed by atoms with E-state index in [0.29, 0.717) is 5.56 Å². The molecule has 0 fully saturated rings. The van der Waals surface area contributed by atoms with Crippen molar-refractivity contribution in [2.24, 2.45) is 0 Å². The number of hydrogen-bond donors (Lipinski definition) is 1. The van der Waals surface area contributed by atoms with Crippen LogP contribution < -0.4 is 3.07 Å². The third kappa shape index (κ3) is 2.29. The van der Waals surface area contributed by atoms with E-state index in [9.17, 15) is 4.79 Å². The van der Waals surface area contributed by atoms with Gasteiger partial charge in [-0.1, -0.05) is 0 Å². The molecule has 0 saturated carbocycles. The van der Waals surface area contributed by atoms with Crippen molar-refractivity contribution in [3.8, 4) is 0 Å². The SMILES string of the molecule is [CH3][Hg][c]1ccc(C(=O)O)cc1. The Bertz CT molecular complexity index is 253. The van der Waals surface area contributed by atoms with Gasteiger partial charge in [0, 0.05) is 0 Å². The van der Waals surface area contributed by atoms with Crippen molar-refractivity contribution >= 4 is 9.04 Å². The van der Waals surface area contributed by atoms with E-state index in [1.165, 1.54) is 3.07 Å². The third-order valence-corrected chi connectivity index (χ3v) is 6.62. The van der Waals surface area contributed by atoms with Gasteiger partial charge in [0.1, 0.15) is 0 Å². The second kappa shape index (κ2) is 3.86. The van der Waals surface area contributed by atoms with Crippen molar-refractivity contribution in [3.63, 3.8) is 0 Å². The van der Waals surface area contributed by atoms with Crippen LogP contribution in [0.15, 0.2) is 24.3 Å². The molecule has 54 valence electrons. The summed E-state index contributed by atoms with van der Waals surface area (Å²) in [5.74, 6) is -0.843. The van der Waals surface area contributed by atoms with Gasteiger partial charge in [0.05, 0.1) is 0 Å². The summed E-state index contributed by atoms with van der Waals surface area (Å²) in [6, 6.07) is 7.23. The quantitative estimate of drug-likeness (QED) is 0.823. The normalized spacial score (nSPS) is 8.82. The molecule has 0 heterocycles. The standard InChI is InChI=1S/C7H5O2.CH3.Hg/c8-7(9)6-4-2-1-3-5-6;;/h2-5H,(H,8,9);1H3;. The maximum absolute atomic E-state index is 10.4. The average Bonchev–Trinajstić information content (AvgIpc) is 2.05. The van der Waals surface area contributed by atoms with Gasteiger partial charge >= 0.3 is 77.8 Å². The van der Waals surface area contributed by atoms with Crippen LogP contribution in [0.3, 0.4) is 0 Å². The fourth-order valence-electron chi connectivity index (χ4n) is 0.883. The van der Waals surface area contributed by atoms with Crippen LogP contribution in [-0.4, -0.2) is 11.1 Å². The molecule has 2 nitrogen and oxygen atoms in total. The maximum atomic E-state index is 10.4. The number of rotatable bonds is 2. The van der Waals surface area contributed by atoms with Gasteiger partial charge in [0.15, 0.2) is 0 Å². The first-order valence-electron chi connectivity index (χ1n) is 3.56. The molecule has 0 aliphatic heterocycles. The topological polar surface area (TPSA) is 37.3 Å². The molecule has 0 spiro atoms. The number of benzene rings is 1. The van der Waals surface area contributed by atoms with Gasteiger partial charge in [-0.15, -0.1) is 0 Å². The Morgan fingerprint density at radius 1 is 1.36 bits per heavy atom. The molecule has 1 rings (SSSR count). The summed E-state index contributed by atoms with van der Waals surface area (Å²) in [4.78, 5) is 10.4. The Labute approximate surface area is 77.7 Å². The minimum atomic E-state index is -0.843. The summed E-state index contributed by atoms with van der Waals surface area (Å²) in [7, 11) is 0. The molecule has 11 heavy (non-hydrogen) atoms. The van der Waals surface area contributed by atoms with E-state index in [1.807, 2.05) is 12.1 Å². The van der Waals surface area contributed by atoms with Crippen LogP contribution >= 0.6 is 0 Å². The Kier molecular flexibility index (Phi) is 3.06. The van der Waals surface area contributed by atoms with Crippen molar-refractivity contribution in [2.75, 3.05) is 0 Å². The van der Waals surface area contributed by atoms with E-state index in [-0.39, 0.29) is 0 Å². The molecule has 0 aromatic heterocycles. The predicted octanol–water partition coefficient (Wildman–Crippen LogP) is 1.14. The van der Waals surface area contributed by atoms with Crippen LogP contribution in [0.4, 0.5) is 0 Å². The zero-order valence-electron chi connectivity index (χ0n) is 6.37. The molecule has 0 bridgehead atoms. The van der Waals surface area contributed by atoms with E-state index >= 15 is 0 Å². The Balaban J connectivity index is 2.91. The molecule has 1 N–H and O–H groups in total. The fourth-order valence-corrected chi connectivity index (χ4v) is 3.63. The molecule has 0 atom stereocenters. The summed E-state index contributed by atoms with van der Waals surface area (Å²) >= 11 is -0.794. The van der Waals surface area contributed by atoms with Crippen LogP contribution in [0.25, 0.3) is 0 Å². The molecule has 0 unspecified atom stereocenters. The van der Waals surface area contributed by atoms with Crippen LogP contribution in [0, 0.1) is 0 Å². The molecule has 1 aromatic rings. The van der Waals surface area contributed by atoms with E-state index in [0.717, 1.165) is 0 Å². The Hall–Kier alpha value is -0.375. The zero-order valence-corrected chi connectivity index (χ0v) is 11.9. The van der Waals surface area contributed by atoms with E-state index in [4.69, 9.17) is 5.11 Å². The van der Waals surface area contributed by atoms with Crippen molar-refractivity contribution < 1.29 is 34.5 Å².